The number of alkyl halides is 4. The maximum atomic E-state index is 12.7. The van der Waals surface area contributed by atoms with E-state index in [0.29, 0.717) is 5.52 Å². The Kier molecular flexibility index (Phi) is 6.80. The number of rotatable bonds is 7. The van der Waals surface area contributed by atoms with Crippen LogP contribution in [0.25, 0.3) is 10.9 Å². The lowest BCUT2D eigenvalue weighted by atomic mass is 10.1. The average molecular weight is 439 g/mol. The molecule has 0 aliphatic heterocycles. The third kappa shape index (κ3) is 5.01. The van der Waals surface area contributed by atoms with E-state index in [1.165, 1.54) is 29.8 Å². The van der Waals surface area contributed by atoms with Crippen LogP contribution in [0.4, 0.5) is 13.2 Å². The van der Waals surface area contributed by atoms with E-state index in [2.05, 4.69) is 27.6 Å². The van der Waals surface area contributed by atoms with E-state index < -0.39 is 11.7 Å². The monoisotopic (exact) mass is 439 g/mol. The van der Waals surface area contributed by atoms with E-state index in [4.69, 9.17) is 0 Å². The zero-order valence-electron chi connectivity index (χ0n) is 12.0. The zero-order valence-corrected chi connectivity index (χ0v) is 15.0. The molecule has 0 radical (unpaired) electrons. The molecule has 0 atom stereocenters. The number of pyridine rings is 1. The van der Waals surface area contributed by atoms with Gasteiger partial charge in [-0.05, 0) is 41.2 Å². The first-order chi connectivity index (χ1) is 10.5. The van der Waals surface area contributed by atoms with Gasteiger partial charge in [0.25, 0.3) is 0 Å². The molecule has 0 bridgehead atoms. The molecule has 120 valence electrons. The fourth-order valence-corrected chi connectivity index (χ4v) is 3.75. The van der Waals surface area contributed by atoms with Crippen LogP contribution in [0.15, 0.2) is 35.4 Å². The summed E-state index contributed by atoms with van der Waals surface area (Å²) in [4.78, 5) is 5.08. The van der Waals surface area contributed by atoms with Crippen molar-refractivity contribution in [3.05, 3.63) is 36.0 Å². The highest BCUT2D eigenvalue weighted by Gasteiger charge is 2.30. The van der Waals surface area contributed by atoms with E-state index in [0.717, 1.165) is 34.6 Å². The predicted octanol–water partition coefficient (Wildman–Crippen LogP) is 6.34. The lowest BCUT2D eigenvalue weighted by Gasteiger charge is -2.09. The van der Waals surface area contributed by atoms with Crippen LogP contribution in [0, 0.1) is 0 Å². The van der Waals surface area contributed by atoms with Crippen molar-refractivity contribution >= 4 is 45.3 Å². The lowest BCUT2D eigenvalue weighted by Crippen LogP contribution is -2.04. The standard InChI is InChI=1S/C16H17F3INS/c17-16(18,19)12-5-6-13-14(11-12)21-9-7-15(13)22-10-4-2-1-3-8-20/h5-7,9,11H,1-4,8,10H2. The molecule has 1 aromatic heterocycles. The Hall–Kier alpha value is -0.500. The summed E-state index contributed by atoms with van der Waals surface area (Å²) in [6, 6.07) is 5.67. The summed E-state index contributed by atoms with van der Waals surface area (Å²) in [6.07, 6.45) is 2.10. The summed E-state index contributed by atoms with van der Waals surface area (Å²) in [5.74, 6) is 0.987. The minimum absolute atomic E-state index is 0.407. The molecule has 2 rings (SSSR count). The van der Waals surface area contributed by atoms with Crippen molar-refractivity contribution in [3.63, 3.8) is 0 Å². The van der Waals surface area contributed by atoms with E-state index in [9.17, 15) is 13.2 Å². The molecule has 6 heteroatoms. The Morgan fingerprint density at radius 2 is 1.82 bits per heavy atom. The van der Waals surface area contributed by atoms with Crippen LogP contribution in [0.1, 0.15) is 31.2 Å². The molecule has 0 aliphatic rings. The van der Waals surface area contributed by atoms with Crippen molar-refractivity contribution in [1.29, 1.82) is 0 Å². The van der Waals surface area contributed by atoms with Gasteiger partial charge >= 0.3 is 6.18 Å². The first-order valence-corrected chi connectivity index (χ1v) is 9.68. The van der Waals surface area contributed by atoms with Gasteiger partial charge in [-0.15, -0.1) is 11.8 Å². The molecule has 22 heavy (non-hydrogen) atoms. The van der Waals surface area contributed by atoms with Crippen molar-refractivity contribution in [2.45, 2.75) is 36.8 Å². The van der Waals surface area contributed by atoms with Crippen LogP contribution >= 0.6 is 34.4 Å². The number of benzene rings is 1. The number of aromatic nitrogens is 1. The predicted molar refractivity (Wildman–Crippen MR) is 94.8 cm³/mol. The summed E-state index contributed by atoms with van der Waals surface area (Å²) in [5.41, 5.74) is -0.238. The number of halogens is 4. The molecular weight excluding hydrogens is 422 g/mol. The Labute approximate surface area is 146 Å². The number of thioether (sulfide) groups is 1. The molecule has 2 aromatic rings. The molecule has 0 saturated heterocycles. The average Bonchev–Trinajstić information content (AvgIpc) is 2.49. The van der Waals surface area contributed by atoms with Gasteiger partial charge in [-0.3, -0.25) is 4.98 Å². The molecule has 1 aromatic carbocycles. The highest BCUT2D eigenvalue weighted by atomic mass is 127. The van der Waals surface area contributed by atoms with Gasteiger partial charge in [0.15, 0.2) is 0 Å². The summed E-state index contributed by atoms with van der Waals surface area (Å²) in [7, 11) is 0. The van der Waals surface area contributed by atoms with E-state index in [-0.39, 0.29) is 0 Å². The van der Waals surface area contributed by atoms with E-state index in [1.807, 2.05) is 6.07 Å². The van der Waals surface area contributed by atoms with Crippen LogP contribution in [-0.4, -0.2) is 15.2 Å². The zero-order chi connectivity index (χ0) is 16.0. The van der Waals surface area contributed by atoms with Crippen molar-refractivity contribution in [2.75, 3.05) is 10.2 Å². The molecular formula is C16H17F3INS. The van der Waals surface area contributed by atoms with Crippen LogP contribution in [0.3, 0.4) is 0 Å². The molecule has 0 unspecified atom stereocenters. The van der Waals surface area contributed by atoms with Gasteiger partial charge < -0.3 is 0 Å². The van der Waals surface area contributed by atoms with Gasteiger partial charge in [0.2, 0.25) is 0 Å². The number of unbranched alkanes of at least 4 members (excludes halogenated alkanes) is 3. The number of hydrogen-bond acceptors (Lipinski definition) is 2. The smallest absolute Gasteiger partial charge is 0.256 e. The molecule has 0 spiro atoms. The van der Waals surface area contributed by atoms with Gasteiger partial charge in [-0.1, -0.05) is 41.5 Å². The van der Waals surface area contributed by atoms with Crippen LogP contribution in [-0.2, 0) is 6.18 Å². The van der Waals surface area contributed by atoms with E-state index >= 15 is 0 Å². The first kappa shape index (κ1) is 17.8. The number of hydrogen-bond donors (Lipinski definition) is 0. The van der Waals surface area contributed by atoms with E-state index in [1.54, 1.807) is 18.0 Å². The number of nitrogens with zero attached hydrogens (tertiary/aromatic N) is 1. The van der Waals surface area contributed by atoms with Gasteiger partial charge in [0.05, 0.1) is 11.1 Å². The highest BCUT2D eigenvalue weighted by Crippen LogP contribution is 2.33. The minimum atomic E-state index is -4.32. The van der Waals surface area contributed by atoms with Crippen molar-refractivity contribution in [1.82, 2.24) is 4.98 Å². The van der Waals surface area contributed by atoms with Crippen LogP contribution in [0.5, 0.6) is 0 Å². The first-order valence-electron chi connectivity index (χ1n) is 7.17. The summed E-state index contributed by atoms with van der Waals surface area (Å²) in [5, 5.41) is 0.799. The lowest BCUT2D eigenvalue weighted by molar-refractivity contribution is -0.137. The highest BCUT2D eigenvalue weighted by molar-refractivity contribution is 14.1. The van der Waals surface area contributed by atoms with Crippen LogP contribution < -0.4 is 0 Å². The van der Waals surface area contributed by atoms with Gasteiger partial charge in [-0.2, -0.15) is 13.2 Å². The van der Waals surface area contributed by atoms with Crippen molar-refractivity contribution in [3.8, 4) is 0 Å². The largest absolute Gasteiger partial charge is 0.416 e. The Morgan fingerprint density at radius 3 is 2.55 bits per heavy atom. The second-order valence-electron chi connectivity index (χ2n) is 4.99. The molecule has 1 heterocycles. The summed E-state index contributed by atoms with van der Waals surface area (Å²) < 4.78 is 39.4. The SMILES string of the molecule is FC(F)(F)c1ccc2c(SCCCCCCI)ccnc2c1. The molecule has 1 nitrogen and oxygen atoms in total. The topological polar surface area (TPSA) is 12.9 Å². The quantitative estimate of drug-likeness (QED) is 0.216. The number of fused-ring (bicyclic) bond motifs is 1. The Bertz CT molecular complexity index is 616. The minimum Gasteiger partial charge on any atom is -0.256 e. The molecule has 0 N–H and O–H groups in total. The third-order valence-corrected chi connectivity index (χ3v) is 5.24. The third-order valence-electron chi connectivity index (χ3n) is 3.32. The molecule has 0 fully saturated rings. The Balaban J connectivity index is 2.05. The van der Waals surface area contributed by atoms with Crippen molar-refractivity contribution in [2.24, 2.45) is 0 Å². The van der Waals surface area contributed by atoms with Gasteiger partial charge in [-0.25, -0.2) is 0 Å². The fourth-order valence-electron chi connectivity index (χ4n) is 2.16. The summed E-state index contributed by atoms with van der Waals surface area (Å²) >= 11 is 4.08. The molecule has 0 aliphatic carbocycles. The fraction of sp³-hybridized carbons (Fsp3) is 0.438. The van der Waals surface area contributed by atoms with Crippen LogP contribution in [0.2, 0.25) is 0 Å². The Morgan fingerprint density at radius 1 is 1.05 bits per heavy atom. The maximum absolute atomic E-state index is 12.7. The van der Waals surface area contributed by atoms with Crippen molar-refractivity contribution < 1.29 is 13.2 Å². The van der Waals surface area contributed by atoms with Gasteiger partial charge in [0.1, 0.15) is 0 Å². The normalized spacial score (nSPS) is 12.0. The molecule has 0 amide bonds. The maximum Gasteiger partial charge on any atom is 0.416 e. The second kappa shape index (κ2) is 8.38. The molecule has 0 saturated carbocycles. The second-order valence-corrected chi connectivity index (χ2v) is 7.21. The summed E-state index contributed by atoms with van der Waals surface area (Å²) in [6.45, 7) is 0. The van der Waals surface area contributed by atoms with Gasteiger partial charge in [0, 0.05) is 16.5 Å².